The standard InChI is InChI=1S/C9H12FN.C2H6/c1-7(2)11-9-5-3-8(10)4-6-9;1-2/h3-7,11H,1-2H3;1-2H3. The van der Waals surface area contributed by atoms with Crippen LogP contribution >= 0.6 is 0 Å². The predicted octanol–water partition coefficient (Wildman–Crippen LogP) is 3.67. The topological polar surface area (TPSA) is 12.0 Å². The summed E-state index contributed by atoms with van der Waals surface area (Å²) in [5.41, 5.74) is 0.960. The predicted molar refractivity (Wildman–Crippen MR) is 56.5 cm³/mol. The molecule has 0 aliphatic rings. The molecule has 0 saturated carbocycles. The van der Waals surface area contributed by atoms with Crippen molar-refractivity contribution in [3.05, 3.63) is 30.1 Å². The molecule has 0 radical (unpaired) electrons. The minimum atomic E-state index is -0.195. The van der Waals surface area contributed by atoms with Crippen LogP contribution in [0.2, 0.25) is 0 Å². The monoisotopic (exact) mass is 183 g/mol. The summed E-state index contributed by atoms with van der Waals surface area (Å²) in [7, 11) is 0. The summed E-state index contributed by atoms with van der Waals surface area (Å²) in [6.45, 7) is 8.09. The van der Waals surface area contributed by atoms with Crippen molar-refractivity contribution < 1.29 is 4.39 Å². The molecule has 0 aliphatic carbocycles. The number of hydrogen-bond donors (Lipinski definition) is 1. The first kappa shape index (κ1) is 11.9. The molecule has 0 aliphatic heterocycles. The van der Waals surface area contributed by atoms with Crippen LogP contribution in [0, 0.1) is 5.82 Å². The molecule has 0 spiro atoms. The Balaban J connectivity index is 0.000000671. The van der Waals surface area contributed by atoms with E-state index in [1.54, 1.807) is 12.1 Å². The fourth-order valence-corrected chi connectivity index (χ4v) is 0.879. The van der Waals surface area contributed by atoms with Crippen LogP contribution < -0.4 is 5.32 Å². The number of anilines is 1. The Morgan fingerprint density at radius 2 is 1.54 bits per heavy atom. The highest BCUT2D eigenvalue weighted by Gasteiger charge is 1.93. The first-order valence-corrected chi connectivity index (χ1v) is 4.70. The van der Waals surface area contributed by atoms with E-state index in [0.717, 1.165) is 5.69 Å². The molecule has 0 atom stereocenters. The molecule has 2 heteroatoms. The van der Waals surface area contributed by atoms with Crippen molar-refractivity contribution in [2.24, 2.45) is 0 Å². The third-order valence-corrected chi connectivity index (χ3v) is 1.30. The van der Waals surface area contributed by atoms with E-state index in [2.05, 4.69) is 5.32 Å². The lowest BCUT2D eigenvalue weighted by Gasteiger charge is -2.08. The lowest BCUT2D eigenvalue weighted by molar-refractivity contribution is 0.628. The molecule has 0 aromatic heterocycles. The first-order valence-electron chi connectivity index (χ1n) is 4.70. The number of rotatable bonds is 2. The van der Waals surface area contributed by atoms with Crippen LogP contribution in [-0.4, -0.2) is 6.04 Å². The molecule has 1 rings (SSSR count). The summed E-state index contributed by atoms with van der Waals surface area (Å²) >= 11 is 0. The highest BCUT2D eigenvalue weighted by atomic mass is 19.1. The van der Waals surface area contributed by atoms with E-state index in [1.807, 2.05) is 27.7 Å². The van der Waals surface area contributed by atoms with E-state index < -0.39 is 0 Å². The Morgan fingerprint density at radius 1 is 1.08 bits per heavy atom. The van der Waals surface area contributed by atoms with Gasteiger partial charge in [-0.15, -0.1) is 0 Å². The third kappa shape index (κ3) is 5.23. The van der Waals surface area contributed by atoms with Crippen LogP contribution in [0.15, 0.2) is 24.3 Å². The van der Waals surface area contributed by atoms with Gasteiger partial charge in [0.2, 0.25) is 0 Å². The largest absolute Gasteiger partial charge is 0.383 e. The van der Waals surface area contributed by atoms with Gasteiger partial charge in [0.1, 0.15) is 5.82 Å². The second kappa shape index (κ2) is 6.46. The van der Waals surface area contributed by atoms with Gasteiger partial charge in [-0.2, -0.15) is 0 Å². The fraction of sp³-hybridized carbons (Fsp3) is 0.455. The van der Waals surface area contributed by atoms with E-state index in [9.17, 15) is 4.39 Å². The van der Waals surface area contributed by atoms with Crippen molar-refractivity contribution >= 4 is 5.69 Å². The van der Waals surface area contributed by atoms with E-state index in [-0.39, 0.29) is 5.82 Å². The molecule has 0 amide bonds. The number of hydrogen-bond acceptors (Lipinski definition) is 1. The second-order valence-corrected chi connectivity index (χ2v) is 2.81. The van der Waals surface area contributed by atoms with Gasteiger partial charge in [0.25, 0.3) is 0 Å². The summed E-state index contributed by atoms with van der Waals surface area (Å²) in [6, 6.07) is 6.75. The zero-order valence-corrected chi connectivity index (χ0v) is 8.76. The van der Waals surface area contributed by atoms with Crippen LogP contribution in [0.4, 0.5) is 10.1 Å². The van der Waals surface area contributed by atoms with Crippen molar-refractivity contribution in [1.29, 1.82) is 0 Å². The second-order valence-electron chi connectivity index (χ2n) is 2.81. The Bertz CT molecular complexity index is 216. The van der Waals surface area contributed by atoms with E-state index >= 15 is 0 Å². The van der Waals surface area contributed by atoms with Gasteiger partial charge in [0, 0.05) is 11.7 Å². The van der Waals surface area contributed by atoms with E-state index in [0.29, 0.717) is 6.04 Å². The molecular formula is C11H18FN. The van der Waals surface area contributed by atoms with Crippen LogP contribution in [0.1, 0.15) is 27.7 Å². The van der Waals surface area contributed by atoms with Gasteiger partial charge in [0.05, 0.1) is 0 Å². The van der Waals surface area contributed by atoms with Gasteiger partial charge < -0.3 is 5.32 Å². The van der Waals surface area contributed by atoms with Gasteiger partial charge in [-0.05, 0) is 38.1 Å². The normalized spacial score (nSPS) is 9.08. The molecule has 1 aromatic rings. The lowest BCUT2D eigenvalue weighted by atomic mass is 10.3. The van der Waals surface area contributed by atoms with Crippen molar-refractivity contribution in [1.82, 2.24) is 0 Å². The van der Waals surface area contributed by atoms with Crippen LogP contribution in [0.25, 0.3) is 0 Å². The average Bonchev–Trinajstić information content (AvgIpc) is 2.12. The first-order chi connectivity index (χ1) is 6.18. The quantitative estimate of drug-likeness (QED) is 0.737. The number of halogens is 1. The Hall–Kier alpha value is -1.05. The molecule has 1 aromatic carbocycles. The maximum atomic E-state index is 12.4. The molecular weight excluding hydrogens is 165 g/mol. The summed E-state index contributed by atoms with van der Waals surface area (Å²) < 4.78 is 12.4. The zero-order chi connectivity index (χ0) is 10.3. The molecule has 74 valence electrons. The molecule has 0 fully saturated rings. The fourth-order valence-electron chi connectivity index (χ4n) is 0.879. The molecule has 0 saturated heterocycles. The zero-order valence-electron chi connectivity index (χ0n) is 8.76. The third-order valence-electron chi connectivity index (χ3n) is 1.30. The minimum absolute atomic E-state index is 0.195. The van der Waals surface area contributed by atoms with Crippen molar-refractivity contribution in [2.45, 2.75) is 33.7 Å². The van der Waals surface area contributed by atoms with Gasteiger partial charge in [-0.25, -0.2) is 4.39 Å². The Labute approximate surface area is 80.0 Å². The molecule has 0 unspecified atom stereocenters. The summed E-state index contributed by atoms with van der Waals surface area (Å²) in [5.74, 6) is -0.195. The minimum Gasteiger partial charge on any atom is -0.383 e. The van der Waals surface area contributed by atoms with Gasteiger partial charge in [-0.3, -0.25) is 0 Å². The Kier molecular flexibility index (Phi) is 5.94. The van der Waals surface area contributed by atoms with E-state index in [1.165, 1.54) is 12.1 Å². The number of nitrogens with one attached hydrogen (secondary N) is 1. The van der Waals surface area contributed by atoms with Crippen molar-refractivity contribution in [2.75, 3.05) is 5.32 Å². The van der Waals surface area contributed by atoms with Gasteiger partial charge in [-0.1, -0.05) is 13.8 Å². The molecule has 1 nitrogen and oxygen atoms in total. The van der Waals surface area contributed by atoms with Crippen molar-refractivity contribution in [3.63, 3.8) is 0 Å². The summed E-state index contributed by atoms with van der Waals surface area (Å²) in [6.07, 6.45) is 0. The van der Waals surface area contributed by atoms with Crippen LogP contribution in [0.5, 0.6) is 0 Å². The van der Waals surface area contributed by atoms with Gasteiger partial charge in [0.15, 0.2) is 0 Å². The Morgan fingerprint density at radius 3 is 1.92 bits per heavy atom. The van der Waals surface area contributed by atoms with E-state index in [4.69, 9.17) is 0 Å². The van der Waals surface area contributed by atoms with Crippen molar-refractivity contribution in [3.8, 4) is 0 Å². The molecule has 13 heavy (non-hydrogen) atoms. The average molecular weight is 183 g/mol. The summed E-state index contributed by atoms with van der Waals surface area (Å²) in [5, 5.41) is 3.17. The maximum absolute atomic E-state index is 12.4. The smallest absolute Gasteiger partial charge is 0.123 e. The highest BCUT2D eigenvalue weighted by molar-refractivity contribution is 5.43. The number of benzene rings is 1. The SMILES string of the molecule is CC.CC(C)Nc1ccc(F)cc1. The molecule has 1 N–H and O–H groups in total. The maximum Gasteiger partial charge on any atom is 0.123 e. The van der Waals surface area contributed by atoms with Crippen LogP contribution in [0.3, 0.4) is 0 Å². The molecule has 0 heterocycles. The van der Waals surface area contributed by atoms with Crippen LogP contribution in [-0.2, 0) is 0 Å². The lowest BCUT2D eigenvalue weighted by Crippen LogP contribution is -2.09. The summed E-state index contributed by atoms with van der Waals surface area (Å²) in [4.78, 5) is 0. The molecule has 0 bridgehead atoms. The van der Waals surface area contributed by atoms with Gasteiger partial charge >= 0.3 is 0 Å². The highest BCUT2D eigenvalue weighted by Crippen LogP contribution is 2.08.